The van der Waals surface area contributed by atoms with Gasteiger partial charge in [-0.1, -0.05) is 30.3 Å². The number of imide groups is 1. The number of hydrogen-bond donors (Lipinski definition) is 3. The van der Waals surface area contributed by atoms with Crippen molar-refractivity contribution in [2.45, 2.75) is 25.9 Å². The molecule has 0 aliphatic rings. The molecule has 1 aromatic rings. The summed E-state index contributed by atoms with van der Waals surface area (Å²) < 4.78 is 0. The monoisotopic (exact) mass is 235 g/mol. The molecular weight excluding hydrogens is 218 g/mol. The molecule has 0 spiro atoms. The SMILES string of the molecule is C[C@H](N[C@H](C)c1ccccc1)C(=O)NC(N)=O. The van der Waals surface area contributed by atoms with Crippen LogP contribution in [0.3, 0.4) is 0 Å². The van der Waals surface area contributed by atoms with Crippen LogP contribution in [0.2, 0.25) is 0 Å². The van der Waals surface area contributed by atoms with Crippen molar-refractivity contribution in [1.82, 2.24) is 10.6 Å². The normalized spacial score (nSPS) is 13.8. The maximum Gasteiger partial charge on any atom is 0.318 e. The van der Waals surface area contributed by atoms with Crippen LogP contribution in [0, 0.1) is 0 Å². The van der Waals surface area contributed by atoms with Crippen LogP contribution in [0.15, 0.2) is 30.3 Å². The third-order valence-corrected chi connectivity index (χ3v) is 2.44. The molecule has 5 heteroatoms. The van der Waals surface area contributed by atoms with E-state index >= 15 is 0 Å². The van der Waals surface area contributed by atoms with Gasteiger partial charge in [0.2, 0.25) is 5.91 Å². The van der Waals surface area contributed by atoms with Gasteiger partial charge in [-0.2, -0.15) is 0 Å². The highest BCUT2D eigenvalue weighted by Crippen LogP contribution is 2.11. The van der Waals surface area contributed by atoms with E-state index in [0.717, 1.165) is 5.56 Å². The lowest BCUT2D eigenvalue weighted by Crippen LogP contribution is -2.47. The molecule has 0 aromatic heterocycles. The molecule has 0 bridgehead atoms. The summed E-state index contributed by atoms with van der Waals surface area (Å²) in [5.74, 6) is -0.430. The van der Waals surface area contributed by atoms with Crippen LogP contribution < -0.4 is 16.4 Å². The van der Waals surface area contributed by atoms with E-state index in [1.165, 1.54) is 0 Å². The number of rotatable bonds is 4. The van der Waals surface area contributed by atoms with Crippen LogP contribution in [0.25, 0.3) is 0 Å². The molecule has 0 unspecified atom stereocenters. The number of urea groups is 1. The molecule has 1 rings (SSSR count). The van der Waals surface area contributed by atoms with Crippen molar-refractivity contribution in [3.8, 4) is 0 Å². The number of carbonyl (C=O) groups excluding carboxylic acids is 2. The molecule has 0 saturated carbocycles. The van der Waals surface area contributed by atoms with Crippen LogP contribution >= 0.6 is 0 Å². The van der Waals surface area contributed by atoms with Crippen LogP contribution in [-0.2, 0) is 4.79 Å². The molecule has 0 fully saturated rings. The molecule has 2 atom stereocenters. The average molecular weight is 235 g/mol. The van der Waals surface area contributed by atoms with E-state index in [0.29, 0.717) is 0 Å². The first-order chi connectivity index (χ1) is 8.00. The maximum atomic E-state index is 11.4. The number of benzene rings is 1. The fourth-order valence-corrected chi connectivity index (χ4v) is 1.52. The molecule has 0 heterocycles. The number of nitrogens with one attached hydrogen (secondary N) is 2. The number of hydrogen-bond acceptors (Lipinski definition) is 3. The molecule has 17 heavy (non-hydrogen) atoms. The first-order valence-corrected chi connectivity index (χ1v) is 5.42. The quantitative estimate of drug-likeness (QED) is 0.725. The highest BCUT2D eigenvalue weighted by Gasteiger charge is 2.16. The molecule has 0 aliphatic carbocycles. The van der Waals surface area contributed by atoms with E-state index in [9.17, 15) is 9.59 Å². The second kappa shape index (κ2) is 6.00. The molecule has 1 aromatic carbocycles. The molecule has 92 valence electrons. The second-order valence-electron chi connectivity index (χ2n) is 3.87. The largest absolute Gasteiger partial charge is 0.351 e. The van der Waals surface area contributed by atoms with Crippen molar-refractivity contribution in [2.24, 2.45) is 5.73 Å². The number of carbonyl (C=O) groups is 2. The lowest BCUT2D eigenvalue weighted by atomic mass is 10.1. The minimum Gasteiger partial charge on any atom is -0.351 e. The van der Waals surface area contributed by atoms with E-state index in [1.807, 2.05) is 42.6 Å². The Balaban J connectivity index is 2.54. The van der Waals surface area contributed by atoms with Crippen molar-refractivity contribution < 1.29 is 9.59 Å². The molecule has 3 amide bonds. The molecule has 5 nitrogen and oxygen atoms in total. The van der Waals surface area contributed by atoms with Crippen LogP contribution in [0.5, 0.6) is 0 Å². The van der Waals surface area contributed by atoms with Gasteiger partial charge in [0.05, 0.1) is 6.04 Å². The summed E-state index contributed by atoms with van der Waals surface area (Å²) in [6.45, 7) is 3.63. The Labute approximate surface area is 100 Å². The molecule has 4 N–H and O–H groups in total. The third kappa shape index (κ3) is 4.24. The predicted molar refractivity (Wildman–Crippen MR) is 65.2 cm³/mol. The summed E-state index contributed by atoms with van der Waals surface area (Å²) in [6, 6.07) is 8.42. The van der Waals surface area contributed by atoms with Gasteiger partial charge < -0.3 is 5.73 Å². The van der Waals surface area contributed by atoms with Gasteiger partial charge in [0.15, 0.2) is 0 Å². The molecule has 0 aliphatic heterocycles. The smallest absolute Gasteiger partial charge is 0.318 e. The van der Waals surface area contributed by atoms with E-state index in [-0.39, 0.29) is 6.04 Å². The Hall–Kier alpha value is -1.88. The Morgan fingerprint density at radius 1 is 1.18 bits per heavy atom. The van der Waals surface area contributed by atoms with Gasteiger partial charge in [0.25, 0.3) is 0 Å². The zero-order chi connectivity index (χ0) is 12.8. The first-order valence-electron chi connectivity index (χ1n) is 5.42. The minimum atomic E-state index is -0.837. The Morgan fingerprint density at radius 2 is 1.76 bits per heavy atom. The zero-order valence-electron chi connectivity index (χ0n) is 9.94. The van der Waals surface area contributed by atoms with Gasteiger partial charge in [-0.3, -0.25) is 15.4 Å². The van der Waals surface area contributed by atoms with Crippen LogP contribution in [0.4, 0.5) is 4.79 Å². The van der Waals surface area contributed by atoms with Crippen molar-refractivity contribution in [3.05, 3.63) is 35.9 Å². The fraction of sp³-hybridized carbons (Fsp3) is 0.333. The molecular formula is C12H17N3O2. The summed E-state index contributed by atoms with van der Waals surface area (Å²) >= 11 is 0. The van der Waals surface area contributed by atoms with Gasteiger partial charge in [-0.05, 0) is 19.4 Å². The van der Waals surface area contributed by atoms with E-state index in [4.69, 9.17) is 5.73 Å². The van der Waals surface area contributed by atoms with Crippen molar-refractivity contribution >= 4 is 11.9 Å². The average Bonchev–Trinajstić information content (AvgIpc) is 2.29. The zero-order valence-corrected chi connectivity index (χ0v) is 9.94. The van der Waals surface area contributed by atoms with Crippen molar-refractivity contribution in [3.63, 3.8) is 0 Å². The topological polar surface area (TPSA) is 84.2 Å². The summed E-state index contributed by atoms with van der Waals surface area (Å²) in [5, 5.41) is 5.12. The molecule has 0 radical (unpaired) electrons. The van der Waals surface area contributed by atoms with Gasteiger partial charge in [0, 0.05) is 6.04 Å². The number of nitrogens with two attached hydrogens (primary N) is 1. The summed E-state index contributed by atoms with van der Waals surface area (Å²) in [7, 11) is 0. The number of amides is 3. The number of primary amides is 1. The standard InChI is InChI=1S/C12H17N3O2/c1-8(10-6-4-3-5-7-10)14-9(2)11(16)15-12(13)17/h3-9,14H,1-2H3,(H3,13,15,16,17)/t8-,9+/m1/s1. The Morgan fingerprint density at radius 3 is 2.29 bits per heavy atom. The van der Waals surface area contributed by atoms with Gasteiger partial charge >= 0.3 is 6.03 Å². The van der Waals surface area contributed by atoms with Crippen LogP contribution in [-0.4, -0.2) is 18.0 Å². The Kier molecular flexibility index (Phi) is 4.66. The van der Waals surface area contributed by atoms with Gasteiger partial charge in [-0.25, -0.2) is 4.79 Å². The lowest BCUT2D eigenvalue weighted by molar-refractivity contribution is -0.121. The highest BCUT2D eigenvalue weighted by atomic mass is 16.2. The summed E-state index contributed by atoms with van der Waals surface area (Å²) in [5.41, 5.74) is 5.95. The van der Waals surface area contributed by atoms with Crippen molar-refractivity contribution in [2.75, 3.05) is 0 Å². The van der Waals surface area contributed by atoms with E-state index in [1.54, 1.807) is 6.92 Å². The fourth-order valence-electron chi connectivity index (χ4n) is 1.52. The first kappa shape index (κ1) is 13.2. The Bertz CT molecular complexity index is 392. The lowest BCUT2D eigenvalue weighted by Gasteiger charge is -2.19. The molecule has 0 saturated heterocycles. The third-order valence-electron chi connectivity index (χ3n) is 2.44. The second-order valence-corrected chi connectivity index (χ2v) is 3.87. The summed E-state index contributed by atoms with van der Waals surface area (Å²) in [6.07, 6.45) is 0. The highest BCUT2D eigenvalue weighted by molar-refractivity contribution is 5.96. The van der Waals surface area contributed by atoms with Gasteiger partial charge in [0.1, 0.15) is 0 Å². The summed E-state index contributed by atoms with van der Waals surface area (Å²) in [4.78, 5) is 22.0. The predicted octanol–water partition coefficient (Wildman–Crippen LogP) is 0.921. The van der Waals surface area contributed by atoms with Crippen molar-refractivity contribution in [1.29, 1.82) is 0 Å². The maximum absolute atomic E-state index is 11.4. The van der Waals surface area contributed by atoms with E-state index < -0.39 is 18.0 Å². The minimum absolute atomic E-state index is 0.0184. The van der Waals surface area contributed by atoms with E-state index in [2.05, 4.69) is 5.32 Å². The van der Waals surface area contributed by atoms with Gasteiger partial charge in [-0.15, -0.1) is 0 Å². The van der Waals surface area contributed by atoms with Crippen LogP contribution in [0.1, 0.15) is 25.5 Å².